The van der Waals surface area contributed by atoms with Gasteiger partial charge in [0.15, 0.2) is 17.4 Å². The first-order chi connectivity index (χ1) is 23.3. The van der Waals surface area contributed by atoms with Gasteiger partial charge in [-0.15, -0.1) is 0 Å². The molecule has 3 saturated carbocycles. The first-order valence-corrected chi connectivity index (χ1v) is 18.0. The summed E-state index contributed by atoms with van der Waals surface area (Å²) in [6, 6.07) is 5.71. The standard InChI is InChI=1S/C38H47F9O2/c1-2-3-4-5-23-6-8-24(9-7-23)25-10-12-26(13-11-25)28-16-19-31(32(39)20-28)27-14-17-29(18-15-27)37(44,45)48-30-21-33(40)35(34(41)22-30)49-38(46,47)36(42)43/h16,19-27,29,36H,2-15,17-18H2,1H3. The van der Waals surface area contributed by atoms with Crippen LogP contribution in [0.4, 0.5) is 39.5 Å². The van der Waals surface area contributed by atoms with E-state index >= 15 is 13.2 Å². The second kappa shape index (κ2) is 16.2. The zero-order chi connectivity index (χ0) is 35.3. The molecule has 0 aromatic heterocycles. The van der Waals surface area contributed by atoms with Crippen LogP contribution in [0.25, 0.3) is 0 Å². The predicted molar refractivity (Wildman–Crippen MR) is 169 cm³/mol. The van der Waals surface area contributed by atoms with Crippen molar-refractivity contribution in [3.8, 4) is 11.5 Å². The van der Waals surface area contributed by atoms with Crippen LogP contribution in [0.3, 0.4) is 0 Å². The molecule has 49 heavy (non-hydrogen) atoms. The van der Waals surface area contributed by atoms with Gasteiger partial charge in [-0.1, -0.05) is 57.6 Å². The molecule has 0 bridgehead atoms. The number of hydrogen-bond donors (Lipinski definition) is 0. The van der Waals surface area contributed by atoms with Gasteiger partial charge in [0.25, 0.3) is 0 Å². The number of rotatable bonds is 13. The molecule has 274 valence electrons. The topological polar surface area (TPSA) is 18.5 Å². The Morgan fingerprint density at radius 3 is 1.80 bits per heavy atom. The molecule has 0 spiro atoms. The minimum absolute atomic E-state index is 0.0592. The molecule has 0 atom stereocenters. The normalized spacial score (nSPS) is 26.9. The van der Waals surface area contributed by atoms with Gasteiger partial charge in [0, 0.05) is 12.1 Å². The molecule has 2 aromatic rings. The van der Waals surface area contributed by atoms with E-state index in [0.29, 0.717) is 11.5 Å². The van der Waals surface area contributed by atoms with Crippen molar-refractivity contribution in [1.82, 2.24) is 0 Å². The third-order valence-corrected chi connectivity index (χ3v) is 11.4. The van der Waals surface area contributed by atoms with Crippen molar-refractivity contribution in [3.05, 3.63) is 58.9 Å². The monoisotopic (exact) mass is 706 g/mol. The summed E-state index contributed by atoms with van der Waals surface area (Å²) >= 11 is 0. The number of alkyl halides is 6. The van der Waals surface area contributed by atoms with Gasteiger partial charge in [0.2, 0.25) is 0 Å². The second-order valence-electron chi connectivity index (χ2n) is 14.6. The first-order valence-electron chi connectivity index (χ1n) is 18.0. The Kier molecular flexibility index (Phi) is 12.4. The third-order valence-electron chi connectivity index (χ3n) is 11.4. The summed E-state index contributed by atoms with van der Waals surface area (Å²) in [6.07, 6.45) is 2.05. The van der Waals surface area contributed by atoms with Crippen LogP contribution in [-0.2, 0) is 0 Å². The second-order valence-corrected chi connectivity index (χ2v) is 14.6. The van der Waals surface area contributed by atoms with E-state index in [4.69, 9.17) is 0 Å². The molecule has 0 radical (unpaired) electrons. The molecule has 3 aliphatic carbocycles. The fourth-order valence-corrected chi connectivity index (χ4v) is 8.54. The van der Waals surface area contributed by atoms with Crippen molar-refractivity contribution in [2.45, 2.75) is 140 Å². The molecule has 5 rings (SSSR count). The van der Waals surface area contributed by atoms with Crippen LogP contribution in [0.2, 0.25) is 0 Å². The largest absolute Gasteiger partial charge is 0.461 e. The molecule has 3 aliphatic rings. The van der Waals surface area contributed by atoms with Crippen molar-refractivity contribution < 1.29 is 49.0 Å². The van der Waals surface area contributed by atoms with Crippen LogP contribution in [0.5, 0.6) is 11.5 Å². The predicted octanol–water partition coefficient (Wildman–Crippen LogP) is 12.9. The molecule has 2 nitrogen and oxygen atoms in total. The van der Waals surface area contributed by atoms with Crippen LogP contribution < -0.4 is 9.47 Å². The van der Waals surface area contributed by atoms with Crippen molar-refractivity contribution in [3.63, 3.8) is 0 Å². The van der Waals surface area contributed by atoms with Crippen molar-refractivity contribution in [2.75, 3.05) is 0 Å². The molecule has 0 heterocycles. The van der Waals surface area contributed by atoms with E-state index in [1.165, 1.54) is 64.2 Å². The molecule has 11 heteroatoms. The highest BCUT2D eigenvalue weighted by molar-refractivity contribution is 5.35. The third kappa shape index (κ3) is 9.40. The van der Waals surface area contributed by atoms with Gasteiger partial charge in [-0.2, -0.15) is 26.3 Å². The number of halogens is 9. The SMILES string of the molecule is CCCCCC1CCC(C2CCC(c3ccc(C4CCC(C(F)(F)Oc5cc(F)c(OC(F)(F)C(F)F)c(F)c5)CC4)c(F)c3)CC2)CC1. The summed E-state index contributed by atoms with van der Waals surface area (Å²) in [5, 5.41) is 0. The van der Waals surface area contributed by atoms with Crippen molar-refractivity contribution in [2.24, 2.45) is 23.7 Å². The van der Waals surface area contributed by atoms with Gasteiger partial charge in [-0.05, 0) is 111 Å². The number of hydrogen-bond acceptors (Lipinski definition) is 2. The number of ether oxygens (including phenoxy) is 2. The maximum absolute atomic E-state index is 15.4. The van der Waals surface area contributed by atoms with Crippen LogP contribution in [0, 0.1) is 41.1 Å². The molecule has 0 saturated heterocycles. The quantitative estimate of drug-likeness (QED) is 0.152. The van der Waals surface area contributed by atoms with Crippen LogP contribution in [0.1, 0.15) is 133 Å². The van der Waals surface area contributed by atoms with Gasteiger partial charge in [0.1, 0.15) is 11.6 Å². The summed E-state index contributed by atoms with van der Waals surface area (Å²) in [7, 11) is 0. The summed E-state index contributed by atoms with van der Waals surface area (Å²) in [5.41, 5.74) is 1.47. The van der Waals surface area contributed by atoms with E-state index in [-0.39, 0.29) is 49.6 Å². The lowest BCUT2D eigenvalue weighted by Crippen LogP contribution is -2.37. The van der Waals surface area contributed by atoms with Crippen molar-refractivity contribution in [1.29, 1.82) is 0 Å². The summed E-state index contributed by atoms with van der Waals surface area (Å²) in [5.74, 6) is -5.86. The number of unbranched alkanes of at least 4 members (excludes halogenated alkanes) is 2. The zero-order valence-corrected chi connectivity index (χ0v) is 28.0. The van der Waals surface area contributed by atoms with Crippen LogP contribution >= 0.6 is 0 Å². The lowest BCUT2D eigenvalue weighted by atomic mass is 9.68. The maximum Gasteiger partial charge on any atom is 0.461 e. The zero-order valence-electron chi connectivity index (χ0n) is 28.0. The fourth-order valence-electron chi connectivity index (χ4n) is 8.54. The Morgan fingerprint density at radius 2 is 1.24 bits per heavy atom. The van der Waals surface area contributed by atoms with E-state index < -0.39 is 47.7 Å². The van der Waals surface area contributed by atoms with Crippen LogP contribution in [0.15, 0.2) is 30.3 Å². The first kappa shape index (κ1) is 37.7. The Labute approximate surface area is 283 Å². The summed E-state index contributed by atoms with van der Waals surface area (Å²) in [6.45, 7) is 2.25. The van der Waals surface area contributed by atoms with E-state index in [1.54, 1.807) is 12.1 Å². The van der Waals surface area contributed by atoms with Crippen LogP contribution in [-0.4, -0.2) is 18.6 Å². The Balaban J connectivity index is 1.10. The van der Waals surface area contributed by atoms with Gasteiger partial charge < -0.3 is 9.47 Å². The smallest absolute Gasteiger partial charge is 0.432 e. The van der Waals surface area contributed by atoms with E-state index in [1.807, 2.05) is 6.07 Å². The summed E-state index contributed by atoms with van der Waals surface area (Å²) < 4.78 is 133. The molecule has 2 aromatic carbocycles. The minimum Gasteiger partial charge on any atom is -0.432 e. The lowest BCUT2D eigenvalue weighted by Gasteiger charge is -2.38. The highest BCUT2D eigenvalue weighted by Gasteiger charge is 2.47. The molecular formula is C38H47F9O2. The average molecular weight is 707 g/mol. The van der Waals surface area contributed by atoms with Gasteiger partial charge in [-0.25, -0.2) is 13.2 Å². The van der Waals surface area contributed by atoms with E-state index in [9.17, 15) is 26.3 Å². The van der Waals surface area contributed by atoms with Gasteiger partial charge >= 0.3 is 18.6 Å². The maximum atomic E-state index is 15.4. The number of benzene rings is 2. The Bertz CT molecular complexity index is 1340. The fraction of sp³-hybridized carbons (Fsp3) is 0.684. The minimum atomic E-state index is -5.20. The van der Waals surface area contributed by atoms with E-state index in [2.05, 4.69) is 16.4 Å². The van der Waals surface area contributed by atoms with Crippen molar-refractivity contribution >= 4 is 0 Å². The Hall–Kier alpha value is -2.59. The molecule has 0 aliphatic heterocycles. The van der Waals surface area contributed by atoms with Gasteiger partial charge in [0.05, 0.1) is 5.92 Å². The Morgan fingerprint density at radius 1 is 0.673 bits per heavy atom. The van der Waals surface area contributed by atoms with E-state index in [0.717, 1.165) is 36.2 Å². The molecule has 3 fully saturated rings. The average Bonchev–Trinajstić information content (AvgIpc) is 3.07. The van der Waals surface area contributed by atoms with Gasteiger partial charge in [-0.3, -0.25) is 0 Å². The highest BCUT2D eigenvalue weighted by atomic mass is 19.3. The molecule has 0 N–H and O–H groups in total. The molecular weight excluding hydrogens is 659 g/mol. The lowest BCUT2D eigenvalue weighted by molar-refractivity contribution is -0.255. The summed E-state index contributed by atoms with van der Waals surface area (Å²) in [4.78, 5) is 0. The highest BCUT2D eigenvalue weighted by Crippen LogP contribution is 2.47. The molecule has 0 unspecified atom stereocenters. The molecule has 0 amide bonds.